The Labute approximate surface area is 140 Å². The summed E-state index contributed by atoms with van der Waals surface area (Å²) in [6.45, 7) is 0.791. The zero-order chi connectivity index (χ0) is 16.7. The van der Waals surface area contributed by atoms with Crippen molar-refractivity contribution in [1.29, 1.82) is 0 Å². The molecule has 6 heteroatoms. The highest BCUT2D eigenvalue weighted by atomic mass is 16.5. The molecular formula is C18H23NO5. The summed E-state index contributed by atoms with van der Waals surface area (Å²) in [7, 11) is 3.19. The number of rotatable bonds is 2. The molecule has 0 radical (unpaired) electrons. The number of methoxy groups -OCH3 is 2. The van der Waals surface area contributed by atoms with Crippen molar-refractivity contribution in [2.75, 3.05) is 20.8 Å². The summed E-state index contributed by atoms with van der Waals surface area (Å²) in [4.78, 5) is 0. The van der Waals surface area contributed by atoms with E-state index in [1.165, 1.54) is 0 Å². The Kier molecular flexibility index (Phi) is 2.82. The van der Waals surface area contributed by atoms with Crippen LogP contribution in [0, 0.1) is 17.3 Å². The third kappa shape index (κ3) is 1.37. The van der Waals surface area contributed by atoms with Gasteiger partial charge >= 0.3 is 0 Å². The van der Waals surface area contributed by atoms with Crippen LogP contribution in [-0.2, 0) is 14.2 Å². The summed E-state index contributed by atoms with van der Waals surface area (Å²) in [5.74, 6) is 2.19. The average Bonchev–Trinajstić information content (AvgIpc) is 2.92. The van der Waals surface area contributed by atoms with E-state index in [9.17, 15) is 10.2 Å². The van der Waals surface area contributed by atoms with E-state index in [-0.39, 0.29) is 17.9 Å². The smallest absolute Gasteiger partial charge is 0.156 e. The molecule has 0 aromatic heterocycles. The van der Waals surface area contributed by atoms with Crippen LogP contribution in [0.1, 0.15) is 12.8 Å². The summed E-state index contributed by atoms with van der Waals surface area (Å²) in [6, 6.07) is -0.120. The fraction of sp³-hybridized carbons (Fsp3) is 0.667. The fourth-order valence-electron chi connectivity index (χ4n) is 6.06. The average molecular weight is 333 g/mol. The van der Waals surface area contributed by atoms with Crippen LogP contribution in [0.25, 0.3) is 0 Å². The van der Waals surface area contributed by atoms with Crippen molar-refractivity contribution in [3.8, 4) is 0 Å². The van der Waals surface area contributed by atoms with Gasteiger partial charge in [-0.05, 0) is 37.5 Å². The van der Waals surface area contributed by atoms with Gasteiger partial charge in [-0.15, -0.1) is 0 Å². The lowest BCUT2D eigenvalue weighted by Gasteiger charge is -2.63. The molecular weight excluding hydrogens is 310 g/mol. The van der Waals surface area contributed by atoms with Crippen LogP contribution in [0.4, 0.5) is 0 Å². The van der Waals surface area contributed by atoms with Crippen LogP contribution < -0.4 is 5.32 Å². The van der Waals surface area contributed by atoms with E-state index in [0.29, 0.717) is 11.5 Å². The maximum absolute atomic E-state index is 11.9. The van der Waals surface area contributed by atoms with Gasteiger partial charge in [-0.3, -0.25) is 0 Å². The van der Waals surface area contributed by atoms with Gasteiger partial charge in [0.2, 0.25) is 0 Å². The number of piperidine rings is 1. The van der Waals surface area contributed by atoms with Gasteiger partial charge in [0.1, 0.15) is 29.3 Å². The minimum absolute atomic E-state index is 0.000648. The molecule has 0 amide bonds. The van der Waals surface area contributed by atoms with Gasteiger partial charge in [0, 0.05) is 12.0 Å². The first-order valence-electron chi connectivity index (χ1n) is 8.61. The summed E-state index contributed by atoms with van der Waals surface area (Å²) in [5.41, 5.74) is -1.79. The Bertz CT molecular complexity index is 685. The van der Waals surface area contributed by atoms with E-state index >= 15 is 0 Å². The molecule has 2 saturated heterocycles. The lowest BCUT2D eigenvalue weighted by atomic mass is 9.45. The minimum atomic E-state index is -1.18. The van der Waals surface area contributed by atoms with Gasteiger partial charge in [-0.1, -0.05) is 6.08 Å². The predicted octanol–water partition coefficient (Wildman–Crippen LogP) is 0.433. The van der Waals surface area contributed by atoms with Gasteiger partial charge in [0.25, 0.3) is 0 Å². The molecule has 1 saturated carbocycles. The number of nitrogens with one attached hydrogen (secondary N) is 1. The van der Waals surface area contributed by atoms with Gasteiger partial charge in [-0.2, -0.15) is 0 Å². The zero-order valence-electron chi connectivity index (χ0n) is 13.9. The molecule has 2 bridgehead atoms. The largest absolute Gasteiger partial charge is 0.498 e. The van der Waals surface area contributed by atoms with Crippen LogP contribution in [-0.4, -0.2) is 54.8 Å². The number of hydrogen-bond donors (Lipinski definition) is 3. The molecule has 6 nitrogen and oxygen atoms in total. The standard InChI is InChI=1S/C18H23NO5/c1-22-11-4-3-9-7-12-18(21)13(23-2)8-10(20)16-17(18,5-6-19-12)14(9)15(11)24-16/h3-4,8-10,12,14,16,19-21H,5-7H2,1-2H3/t9?,10-,12+,14?,16-,17-,18-/m0/s1. The van der Waals surface area contributed by atoms with Crippen LogP contribution in [0.3, 0.4) is 0 Å². The second-order valence-corrected chi connectivity index (χ2v) is 7.50. The number of aliphatic hydroxyl groups is 2. The summed E-state index contributed by atoms with van der Waals surface area (Å²) in [5, 5.41) is 26.1. The normalized spacial score (nSPS) is 50.8. The highest BCUT2D eigenvalue weighted by molar-refractivity contribution is 5.44. The first kappa shape index (κ1) is 14.8. The summed E-state index contributed by atoms with van der Waals surface area (Å²) < 4.78 is 17.3. The second kappa shape index (κ2) is 4.56. The van der Waals surface area contributed by atoms with Crippen molar-refractivity contribution >= 4 is 0 Å². The zero-order valence-corrected chi connectivity index (χ0v) is 13.9. The lowest BCUT2D eigenvalue weighted by molar-refractivity contribution is -0.216. The maximum Gasteiger partial charge on any atom is 0.156 e. The van der Waals surface area contributed by atoms with E-state index in [1.54, 1.807) is 20.3 Å². The minimum Gasteiger partial charge on any atom is -0.498 e. The molecule has 2 aliphatic heterocycles. The van der Waals surface area contributed by atoms with Crippen molar-refractivity contribution < 1.29 is 24.4 Å². The Morgan fingerprint density at radius 3 is 2.92 bits per heavy atom. The molecule has 3 aliphatic carbocycles. The molecule has 5 aliphatic rings. The third-order valence-corrected chi connectivity index (χ3v) is 6.86. The Hall–Kier alpha value is -1.50. The molecule has 0 aromatic rings. The van der Waals surface area contributed by atoms with Gasteiger partial charge in [0.15, 0.2) is 5.76 Å². The van der Waals surface area contributed by atoms with Gasteiger partial charge in [0.05, 0.1) is 19.6 Å². The quantitative estimate of drug-likeness (QED) is 0.680. The van der Waals surface area contributed by atoms with Gasteiger partial charge < -0.3 is 29.7 Å². The monoisotopic (exact) mass is 333 g/mol. The molecule has 130 valence electrons. The number of aliphatic hydroxyl groups excluding tert-OH is 1. The van der Waals surface area contributed by atoms with Crippen molar-refractivity contribution in [2.45, 2.75) is 36.7 Å². The summed E-state index contributed by atoms with van der Waals surface area (Å²) >= 11 is 0. The van der Waals surface area contributed by atoms with Gasteiger partial charge in [-0.25, -0.2) is 0 Å². The van der Waals surface area contributed by atoms with Crippen molar-refractivity contribution in [2.24, 2.45) is 17.3 Å². The van der Waals surface area contributed by atoms with E-state index in [1.807, 2.05) is 6.08 Å². The van der Waals surface area contributed by atoms with Crippen molar-refractivity contribution in [3.63, 3.8) is 0 Å². The molecule has 0 aromatic carbocycles. The molecule has 24 heavy (non-hydrogen) atoms. The van der Waals surface area contributed by atoms with Crippen molar-refractivity contribution in [3.05, 3.63) is 35.5 Å². The number of allylic oxidation sites excluding steroid dienone is 3. The lowest BCUT2D eigenvalue weighted by Crippen LogP contribution is -2.76. The molecule has 7 atom stereocenters. The molecule has 2 heterocycles. The highest BCUT2D eigenvalue weighted by Gasteiger charge is 2.77. The molecule has 3 fully saturated rings. The first-order valence-corrected chi connectivity index (χ1v) is 8.61. The number of hydrogen-bond acceptors (Lipinski definition) is 6. The van der Waals surface area contributed by atoms with Crippen LogP contribution in [0.15, 0.2) is 35.5 Å². The van der Waals surface area contributed by atoms with Crippen LogP contribution >= 0.6 is 0 Å². The third-order valence-electron chi connectivity index (χ3n) is 6.86. The molecule has 3 N–H and O–H groups in total. The Morgan fingerprint density at radius 1 is 1.33 bits per heavy atom. The molecule has 1 spiro atoms. The Balaban J connectivity index is 1.79. The first-order chi connectivity index (χ1) is 11.6. The molecule has 2 unspecified atom stereocenters. The topological polar surface area (TPSA) is 80.2 Å². The number of ether oxygens (including phenoxy) is 3. The van der Waals surface area contributed by atoms with Crippen LogP contribution in [0.5, 0.6) is 0 Å². The summed E-state index contributed by atoms with van der Waals surface area (Å²) in [6.07, 6.45) is 5.96. The highest BCUT2D eigenvalue weighted by Crippen LogP contribution is 2.68. The van der Waals surface area contributed by atoms with Crippen molar-refractivity contribution in [1.82, 2.24) is 5.32 Å². The van der Waals surface area contributed by atoms with E-state index < -0.39 is 23.2 Å². The SMILES string of the molecule is COC1=C[C@H](O)[C@@H]2OC3=C(OC)C=CC4C[C@H]5NCC[C@@]2(C34)[C@@]15O. The fourth-order valence-corrected chi connectivity index (χ4v) is 6.06. The predicted molar refractivity (Wildman–Crippen MR) is 84.5 cm³/mol. The van der Waals surface area contributed by atoms with Crippen LogP contribution in [0.2, 0.25) is 0 Å². The molecule has 5 rings (SSSR count). The second-order valence-electron chi connectivity index (χ2n) is 7.50. The van der Waals surface area contributed by atoms with E-state index in [2.05, 4.69) is 11.4 Å². The van der Waals surface area contributed by atoms with E-state index in [4.69, 9.17) is 14.2 Å². The Morgan fingerprint density at radius 2 is 2.17 bits per heavy atom. The maximum atomic E-state index is 11.9. The van der Waals surface area contributed by atoms with E-state index in [0.717, 1.165) is 25.1 Å².